The maximum absolute atomic E-state index is 11.9. The maximum Gasteiger partial charge on any atom is 0.350 e. The van der Waals surface area contributed by atoms with Gasteiger partial charge >= 0.3 is 5.97 Å². The lowest BCUT2D eigenvalue weighted by atomic mass is 10.1. The number of carbonyl (C=O) groups excluding carboxylic acids is 1. The zero-order chi connectivity index (χ0) is 14.5. The number of nitrogens with two attached hydrogens (primary N) is 1. The summed E-state index contributed by atoms with van der Waals surface area (Å²) in [4.78, 5) is 19.2. The van der Waals surface area contributed by atoms with Crippen molar-refractivity contribution in [2.45, 2.75) is 32.4 Å². The highest BCUT2D eigenvalue weighted by Crippen LogP contribution is 2.29. The number of aromatic nitrogens is 1. The summed E-state index contributed by atoms with van der Waals surface area (Å²) >= 11 is 1.37. The molecule has 1 aliphatic heterocycles. The molecule has 2 heterocycles. The second-order valence-corrected chi connectivity index (χ2v) is 5.73. The zero-order valence-corrected chi connectivity index (χ0v) is 14.0. The van der Waals surface area contributed by atoms with E-state index in [1.807, 2.05) is 0 Å². The largest absolute Gasteiger partial charge is 0.462 e. The SMILES string of the molecule is CCOC(=O)c1sc(N2CCC(N)CC2)nc1COC.Cl. The van der Waals surface area contributed by atoms with Gasteiger partial charge in [-0.05, 0) is 19.8 Å². The van der Waals surface area contributed by atoms with Crippen molar-refractivity contribution in [1.29, 1.82) is 0 Å². The molecule has 0 saturated carbocycles. The molecule has 0 unspecified atom stereocenters. The van der Waals surface area contributed by atoms with Gasteiger partial charge in [0.2, 0.25) is 0 Å². The predicted molar refractivity (Wildman–Crippen MR) is 85.5 cm³/mol. The van der Waals surface area contributed by atoms with E-state index in [0.717, 1.165) is 31.1 Å². The Hall–Kier alpha value is -0.890. The van der Waals surface area contributed by atoms with Crippen LogP contribution in [0.2, 0.25) is 0 Å². The van der Waals surface area contributed by atoms with Crippen LogP contribution in [-0.4, -0.2) is 43.8 Å². The number of halogens is 1. The maximum atomic E-state index is 11.9. The molecule has 1 aromatic rings. The molecule has 8 heteroatoms. The zero-order valence-electron chi connectivity index (χ0n) is 12.3. The number of hydrogen-bond acceptors (Lipinski definition) is 7. The summed E-state index contributed by atoms with van der Waals surface area (Å²) in [6, 6.07) is 0.272. The summed E-state index contributed by atoms with van der Waals surface area (Å²) in [5.41, 5.74) is 6.56. The van der Waals surface area contributed by atoms with E-state index in [1.165, 1.54) is 11.3 Å². The van der Waals surface area contributed by atoms with Gasteiger partial charge in [-0.3, -0.25) is 0 Å². The fourth-order valence-electron chi connectivity index (χ4n) is 2.16. The average Bonchev–Trinajstić information content (AvgIpc) is 2.84. The fourth-order valence-corrected chi connectivity index (χ4v) is 3.17. The molecule has 1 aromatic heterocycles. The van der Waals surface area contributed by atoms with Crippen LogP contribution in [0.25, 0.3) is 0 Å². The van der Waals surface area contributed by atoms with Crippen LogP contribution in [-0.2, 0) is 16.1 Å². The summed E-state index contributed by atoms with van der Waals surface area (Å²) in [5.74, 6) is -0.322. The molecule has 0 radical (unpaired) electrons. The molecule has 21 heavy (non-hydrogen) atoms. The number of esters is 1. The summed E-state index contributed by atoms with van der Waals surface area (Å²) < 4.78 is 10.2. The van der Waals surface area contributed by atoms with Crippen molar-refractivity contribution in [2.75, 3.05) is 31.7 Å². The minimum absolute atomic E-state index is 0. The molecule has 0 bridgehead atoms. The van der Waals surface area contributed by atoms with Gasteiger partial charge in [-0.2, -0.15) is 0 Å². The van der Waals surface area contributed by atoms with E-state index >= 15 is 0 Å². The fraction of sp³-hybridized carbons (Fsp3) is 0.692. The Morgan fingerprint density at radius 1 is 1.48 bits per heavy atom. The molecule has 1 saturated heterocycles. The predicted octanol–water partition coefficient (Wildman–Crippen LogP) is 1.82. The molecular formula is C13H22ClN3O3S. The summed E-state index contributed by atoms with van der Waals surface area (Å²) in [6.07, 6.45) is 1.90. The quantitative estimate of drug-likeness (QED) is 0.827. The molecular weight excluding hydrogens is 314 g/mol. The van der Waals surface area contributed by atoms with Crippen LogP contribution in [0.15, 0.2) is 0 Å². The number of methoxy groups -OCH3 is 1. The molecule has 6 nitrogen and oxygen atoms in total. The van der Waals surface area contributed by atoms with Crippen LogP contribution in [0.1, 0.15) is 35.1 Å². The van der Waals surface area contributed by atoms with E-state index in [2.05, 4.69) is 9.88 Å². The first-order chi connectivity index (χ1) is 9.65. The van der Waals surface area contributed by atoms with E-state index < -0.39 is 0 Å². The number of piperidine rings is 1. The van der Waals surface area contributed by atoms with Crippen molar-refractivity contribution in [1.82, 2.24) is 4.98 Å². The normalized spacial score (nSPS) is 15.7. The molecule has 0 amide bonds. The van der Waals surface area contributed by atoms with Crippen molar-refractivity contribution in [3.8, 4) is 0 Å². The highest BCUT2D eigenvalue weighted by Gasteiger charge is 2.24. The number of anilines is 1. The first-order valence-electron chi connectivity index (χ1n) is 6.82. The number of carbonyl (C=O) groups is 1. The van der Waals surface area contributed by atoms with Crippen LogP contribution in [0.3, 0.4) is 0 Å². The second kappa shape index (κ2) is 8.53. The van der Waals surface area contributed by atoms with Crippen LogP contribution in [0, 0.1) is 0 Å². The Morgan fingerprint density at radius 3 is 2.71 bits per heavy atom. The topological polar surface area (TPSA) is 77.7 Å². The summed E-state index contributed by atoms with van der Waals surface area (Å²) in [5, 5.41) is 0.854. The summed E-state index contributed by atoms with van der Waals surface area (Å²) in [6.45, 7) is 4.23. The molecule has 120 valence electrons. The van der Waals surface area contributed by atoms with Crippen LogP contribution >= 0.6 is 23.7 Å². The smallest absolute Gasteiger partial charge is 0.350 e. The van der Waals surface area contributed by atoms with Gasteiger partial charge in [-0.1, -0.05) is 11.3 Å². The Bertz CT molecular complexity index is 462. The van der Waals surface area contributed by atoms with E-state index in [9.17, 15) is 4.79 Å². The lowest BCUT2D eigenvalue weighted by Gasteiger charge is -2.29. The van der Waals surface area contributed by atoms with E-state index in [1.54, 1.807) is 14.0 Å². The average molecular weight is 336 g/mol. The Morgan fingerprint density at radius 2 is 2.14 bits per heavy atom. The van der Waals surface area contributed by atoms with Gasteiger partial charge in [0.1, 0.15) is 4.88 Å². The lowest BCUT2D eigenvalue weighted by Crippen LogP contribution is -2.39. The molecule has 0 aliphatic carbocycles. The number of nitrogens with zero attached hydrogens (tertiary/aromatic N) is 2. The Balaban J connectivity index is 0.00000220. The summed E-state index contributed by atoms with van der Waals surface area (Å²) in [7, 11) is 1.59. The first-order valence-corrected chi connectivity index (χ1v) is 7.63. The number of hydrogen-bond donors (Lipinski definition) is 1. The van der Waals surface area contributed by atoms with Crippen molar-refractivity contribution in [3.63, 3.8) is 0 Å². The van der Waals surface area contributed by atoms with Crippen molar-refractivity contribution < 1.29 is 14.3 Å². The first kappa shape index (κ1) is 18.2. The van der Waals surface area contributed by atoms with Crippen molar-refractivity contribution in [2.24, 2.45) is 5.73 Å². The van der Waals surface area contributed by atoms with Crippen LogP contribution < -0.4 is 10.6 Å². The van der Waals surface area contributed by atoms with Gasteiger partial charge in [0.25, 0.3) is 0 Å². The highest BCUT2D eigenvalue weighted by atomic mass is 35.5. The molecule has 0 aromatic carbocycles. The number of rotatable bonds is 5. The van der Waals surface area contributed by atoms with Crippen LogP contribution in [0.5, 0.6) is 0 Å². The van der Waals surface area contributed by atoms with Gasteiger partial charge in [0.05, 0.1) is 18.9 Å². The van der Waals surface area contributed by atoms with Gasteiger partial charge in [0.15, 0.2) is 5.13 Å². The van der Waals surface area contributed by atoms with Crippen molar-refractivity contribution >= 4 is 34.8 Å². The highest BCUT2D eigenvalue weighted by molar-refractivity contribution is 7.17. The van der Waals surface area contributed by atoms with E-state index in [-0.39, 0.29) is 24.4 Å². The lowest BCUT2D eigenvalue weighted by molar-refractivity contribution is 0.0527. The van der Waals surface area contributed by atoms with Gasteiger partial charge in [-0.25, -0.2) is 9.78 Å². The third-order valence-corrected chi connectivity index (χ3v) is 4.38. The van der Waals surface area contributed by atoms with E-state index in [4.69, 9.17) is 15.2 Å². The third kappa shape index (κ3) is 4.54. The van der Waals surface area contributed by atoms with Crippen LogP contribution in [0.4, 0.5) is 5.13 Å². The molecule has 2 rings (SSSR count). The van der Waals surface area contributed by atoms with E-state index in [0.29, 0.717) is 23.8 Å². The minimum atomic E-state index is -0.322. The molecule has 1 aliphatic rings. The molecule has 1 fully saturated rings. The van der Waals surface area contributed by atoms with Gasteiger partial charge in [0, 0.05) is 26.2 Å². The monoisotopic (exact) mass is 335 g/mol. The standard InChI is InChI=1S/C13H21N3O3S.ClH/c1-3-19-12(17)11-10(8-18-2)15-13(20-11)16-6-4-9(14)5-7-16;/h9H,3-8,14H2,1-2H3;1H. The van der Waals surface area contributed by atoms with Gasteiger partial charge < -0.3 is 20.1 Å². The Kier molecular flexibility index (Phi) is 7.37. The molecule has 0 atom stereocenters. The minimum Gasteiger partial charge on any atom is -0.462 e. The third-order valence-electron chi connectivity index (χ3n) is 3.24. The molecule has 2 N–H and O–H groups in total. The Labute approximate surface area is 135 Å². The number of thiazole rings is 1. The van der Waals surface area contributed by atoms with Crippen molar-refractivity contribution in [3.05, 3.63) is 10.6 Å². The molecule has 0 spiro atoms. The number of ether oxygens (including phenoxy) is 2. The van der Waals surface area contributed by atoms with Gasteiger partial charge in [-0.15, -0.1) is 12.4 Å². The second-order valence-electron chi connectivity index (χ2n) is 4.75.